The number of hydrogen-bond acceptors (Lipinski definition) is 4. The molecule has 1 aliphatic rings. The molecule has 0 bridgehead atoms. The van der Waals surface area contributed by atoms with Gasteiger partial charge in [-0.1, -0.05) is 0 Å². The summed E-state index contributed by atoms with van der Waals surface area (Å²) in [6.07, 6.45) is 1.07. The summed E-state index contributed by atoms with van der Waals surface area (Å²) in [6, 6.07) is 0. The minimum Gasteiger partial charge on any atom is -0.382 e. The molecular formula is C11H23N3O2. The Morgan fingerprint density at radius 2 is 2.00 bits per heavy atom. The maximum absolute atomic E-state index is 11.3. The zero-order chi connectivity index (χ0) is 11.8. The summed E-state index contributed by atoms with van der Waals surface area (Å²) in [5.41, 5.74) is 5.33. The number of amides is 1. The highest BCUT2D eigenvalue weighted by Crippen LogP contribution is 2.02. The molecule has 1 saturated heterocycles. The van der Waals surface area contributed by atoms with Crippen molar-refractivity contribution in [2.75, 3.05) is 52.5 Å². The van der Waals surface area contributed by atoms with Crippen LogP contribution in [0.3, 0.4) is 0 Å². The highest BCUT2D eigenvalue weighted by molar-refractivity contribution is 5.78. The van der Waals surface area contributed by atoms with Crippen molar-refractivity contribution in [3.8, 4) is 0 Å². The average molecular weight is 229 g/mol. The number of piperazine rings is 1. The van der Waals surface area contributed by atoms with Crippen LogP contribution in [0, 0.1) is 0 Å². The lowest BCUT2D eigenvalue weighted by atomic mass is 10.3. The molecule has 0 spiro atoms. The Bertz CT molecular complexity index is 203. The van der Waals surface area contributed by atoms with E-state index in [-0.39, 0.29) is 12.5 Å². The quantitative estimate of drug-likeness (QED) is 0.625. The Balaban J connectivity index is 2.10. The monoisotopic (exact) mass is 229 g/mol. The highest BCUT2D eigenvalue weighted by Gasteiger charge is 2.19. The molecule has 1 aliphatic heterocycles. The van der Waals surface area contributed by atoms with E-state index in [0.29, 0.717) is 0 Å². The van der Waals surface area contributed by atoms with E-state index in [4.69, 9.17) is 10.5 Å². The molecule has 5 heteroatoms. The molecule has 5 nitrogen and oxygen atoms in total. The molecule has 1 amide bonds. The number of carbonyl (C=O) groups is 1. The molecule has 0 aromatic heterocycles. The molecule has 1 heterocycles. The second-order valence-electron chi connectivity index (χ2n) is 3.98. The zero-order valence-corrected chi connectivity index (χ0v) is 10.2. The van der Waals surface area contributed by atoms with Gasteiger partial charge in [0.1, 0.15) is 0 Å². The van der Waals surface area contributed by atoms with E-state index in [1.54, 1.807) is 0 Å². The highest BCUT2D eigenvalue weighted by atomic mass is 16.5. The molecule has 16 heavy (non-hydrogen) atoms. The fraction of sp³-hybridized carbons (Fsp3) is 0.909. The summed E-state index contributed by atoms with van der Waals surface area (Å²) < 4.78 is 5.29. The minimum atomic E-state index is 0.0639. The summed E-state index contributed by atoms with van der Waals surface area (Å²) in [4.78, 5) is 15.6. The van der Waals surface area contributed by atoms with Crippen molar-refractivity contribution in [3.05, 3.63) is 0 Å². The lowest BCUT2D eigenvalue weighted by Crippen LogP contribution is -2.50. The Kier molecular flexibility index (Phi) is 6.37. The van der Waals surface area contributed by atoms with Crippen LogP contribution >= 0.6 is 0 Å². The van der Waals surface area contributed by atoms with Gasteiger partial charge < -0.3 is 15.4 Å². The van der Waals surface area contributed by atoms with Crippen LogP contribution < -0.4 is 5.73 Å². The molecule has 0 atom stereocenters. The third-order valence-corrected chi connectivity index (χ3v) is 2.87. The molecule has 1 rings (SSSR count). The molecule has 0 aromatic carbocycles. The topological polar surface area (TPSA) is 58.8 Å². The van der Waals surface area contributed by atoms with Crippen LogP contribution in [-0.2, 0) is 9.53 Å². The van der Waals surface area contributed by atoms with Crippen LogP contribution in [0.15, 0.2) is 0 Å². The number of nitrogens with zero attached hydrogens (tertiary/aromatic N) is 2. The fourth-order valence-corrected chi connectivity index (χ4v) is 1.88. The molecule has 1 fully saturated rings. The Labute approximate surface area is 97.5 Å². The van der Waals surface area contributed by atoms with Crippen LogP contribution in [0.2, 0.25) is 0 Å². The van der Waals surface area contributed by atoms with Crippen LogP contribution in [0.1, 0.15) is 13.3 Å². The maximum Gasteiger partial charge on any atom is 0.236 e. The number of hydrogen-bond donors (Lipinski definition) is 1. The van der Waals surface area contributed by atoms with Gasteiger partial charge in [-0.15, -0.1) is 0 Å². The normalized spacial score (nSPS) is 17.8. The van der Waals surface area contributed by atoms with E-state index >= 15 is 0 Å². The lowest BCUT2D eigenvalue weighted by Gasteiger charge is -2.34. The fourth-order valence-electron chi connectivity index (χ4n) is 1.88. The van der Waals surface area contributed by atoms with Gasteiger partial charge in [0.25, 0.3) is 0 Å². The van der Waals surface area contributed by atoms with Crippen molar-refractivity contribution < 1.29 is 9.53 Å². The summed E-state index contributed by atoms with van der Waals surface area (Å²) in [5.74, 6) is 0.0639. The third kappa shape index (κ3) is 4.47. The first-order valence-corrected chi connectivity index (χ1v) is 6.06. The van der Waals surface area contributed by atoms with Crippen LogP contribution in [-0.4, -0.2) is 68.2 Å². The molecular weight excluding hydrogens is 206 g/mol. The summed E-state index contributed by atoms with van der Waals surface area (Å²) in [5, 5.41) is 0. The number of ether oxygens (including phenoxy) is 1. The molecule has 0 unspecified atom stereocenters. The summed E-state index contributed by atoms with van der Waals surface area (Å²) in [7, 11) is 0. The lowest BCUT2D eigenvalue weighted by molar-refractivity contribution is -0.131. The molecule has 2 N–H and O–H groups in total. The third-order valence-electron chi connectivity index (χ3n) is 2.87. The van der Waals surface area contributed by atoms with Gasteiger partial charge in [-0.05, 0) is 13.3 Å². The van der Waals surface area contributed by atoms with Crippen LogP contribution in [0.4, 0.5) is 0 Å². The molecule has 94 valence electrons. The summed E-state index contributed by atoms with van der Waals surface area (Å²) in [6.45, 7) is 8.36. The van der Waals surface area contributed by atoms with Crippen molar-refractivity contribution >= 4 is 5.91 Å². The number of carbonyl (C=O) groups excluding carboxylic acids is 1. The van der Waals surface area contributed by atoms with Gasteiger partial charge in [-0.3, -0.25) is 9.69 Å². The van der Waals surface area contributed by atoms with Crippen molar-refractivity contribution in [2.24, 2.45) is 5.73 Å². The standard InChI is InChI=1S/C11H23N3O2/c1-2-16-9-3-4-13-5-7-14(8-6-13)11(15)10-12/h2-10,12H2,1H3. The van der Waals surface area contributed by atoms with E-state index < -0.39 is 0 Å². The van der Waals surface area contributed by atoms with Crippen LogP contribution in [0.5, 0.6) is 0 Å². The average Bonchev–Trinajstić information content (AvgIpc) is 2.34. The van der Waals surface area contributed by atoms with Gasteiger partial charge in [0.2, 0.25) is 5.91 Å². The zero-order valence-electron chi connectivity index (χ0n) is 10.2. The van der Waals surface area contributed by atoms with E-state index in [9.17, 15) is 4.79 Å². The number of rotatable bonds is 6. The Morgan fingerprint density at radius 1 is 1.31 bits per heavy atom. The van der Waals surface area contributed by atoms with Crippen molar-refractivity contribution in [1.29, 1.82) is 0 Å². The first kappa shape index (κ1) is 13.4. The van der Waals surface area contributed by atoms with Gasteiger partial charge in [-0.2, -0.15) is 0 Å². The van der Waals surface area contributed by atoms with Gasteiger partial charge in [0.05, 0.1) is 6.54 Å². The Morgan fingerprint density at radius 3 is 2.56 bits per heavy atom. The van der Waals surface area contributed by atoms with Gasteiger partial charge in [0, 0.05) is 45.9 Å². The molecule has 0 aromatic rings. The predicted molar refractivity (Wildman–Crippen MR) is 63.2 cm³/mol. The van der Waals surface area contributed by atoms with Crippen LogP contribution in [0.25, 0.3) is 0 Å². The Hall–Kier alpha value is -0.650. The molecule has 0 radical (unpaired) electrons. The molecule has 0 aliphatic carbocycles. The van der Waals surface area contributed by atoms with E-state index in [2.05, 4.69) is 4.90 Å². The van der Waals surface area contributed by atoms with E-state index in [1.165, 1.54) is 0 Å². The maximum atomic E-state index is 11.3. The first-order valence-electron chi connectivity index (χ1n) is 6.06. The van der Waals surface area contributed by atoms with Crippen molar-refractivity contribution in [1.82, 2.24) is 9.80 Å². The first-order chi connectivity index (χ1) is 7.77. The SMILES string of the molecule is CCOCCCN1CCN(C(=O)CN)CC1. The second-order valence-corrected chi connectivity index (χ2v) is 3.98. The minimum absolute atomic E-state index is 0.0639. The predicted octanol–water partition coefficient (Wildman–Crippen LogP) is -0.484. The summed E-state index contributed by atoms with van der Waals surface area (Å²) >= 11 is 0. The second kappa shape index (κ2) is 7.60. The van der Waals surface area contributed by atoms with Crippen molar-refractivity contribution in [2.45, 2.75) is 13.3 Å². The van der Waals surface area contributed by atoms with E-state index in [0.717, 1.165) is 52.4 Å². The molecule has 0 saturated carbocycles. The van der Waals surface area contributed by atoms with Gasteiger partial charge in [0.15, 0.2) is 0 Å². The van der Waals surface area contributed by atoms with E-state index in [1.807, 2.05) is 11.8 Å². The van der Waals surface area contributed by atoms with Crippen molar-refractivity contribution in [3.63, 3.8) is 0 Å². The largest absolute Gasteiger partial charge is 0.382 e. The smallest absolute Gasteiger partial charge is 0.236 e. The van der Waals surface area contributed by atoms with Gasteiger partial charge in [-0.25, -0.2) is 0 Å². The van der Waals surface area contributed by atoms with Gasteiger partial charge >= 0.3 is 0 Å². The number of nitrogens with two attached hydrogens (primary N) is 1.